The molecule has 5 nitrogen and oxygen atoms in total. The van der Waals surface area contributed by atoms with E-state index in [1.807, 2.05) is 27.8 Å². The van der Waals surface area contributed by atoms with Crippen molar-refractivity contribution >= 4 is 5.91 Å². The van der Waals surface area contributed by atoms with Gasteiger partial charge in [0, 0.05) is 13.1 Å². The first-order valence-corrected chi connectivity index (χ1v) is 8.75. The van der Waals surface area contributed by atoms with Gasteiger partial charge in [-0.3, -0.25) is 9.48 Å². The van der Waals surface area contributed by atoms with E-state index in [9.17, 15) is 9.90 Å². The van der Waals surface area contributed by atoms with E-state index in [0.717, 1.165) is 18.5 Å². The molecule has 1 N–H and O–H groups in total. The highest BCUT2D eigenvalue weighted by atomic mass is 16.3. The van der Waals surface area contributed by atoms with E-state index < -0.39 is 0 Å². The van der Waals surface area contributed by atoms with Crippen LogP contribution in [-0.4, -0.2) is 44.9 Å². The Kier molecular flexibility index (Phi) is 5.30. The predicted molar refractivity (Wildman–Crippen MR) is 92.9 cm³/mol. The molecule has 3 rings (SSSR count). The van der Waals surface area contributed by atoms with Gasteiger partial charge >= 0.3 is 0 Å². The van der Waals surface area contributed by atoms with Crippen LogP contribution in [0.2, 0.25) is 0 Å². The molecule has 0 bridgehead atoms. The first-order chi connectivity index (χ1) is 11.7. The summed E-state index contributed by atoms with van der Waals surface area (Å²) in [6.07, 6.45) is 4.57. The maximum absolute atomic E-state index is 12.9. The number of rotatable bonds is 5. The van der Waals surface area contributed by atoms with Gasteiger partial charge in [-0.1, -0.05) is 43.7 Å². The van der Waals surface area contributed by atoms with E-state index >= 15 is 0 Å². The number of aliphatic hydroxyl groups is 1. The van der Waals surface area contributed by atoms with E-state index in [1.165, 1.54) is 5.56 Å². The van der Waals surface area contributed by atoms with E-state index in [4.69, 9.17) is 0 Å². The first-order valence-electron chi connectivity index (χ1n) is 8.75. The number of hydrogen-bond donors (Lipinski definition) is 1. The molecule has 128 valence electrons. The van der Waals surface area contributed by atoms with Gasteiger partial charge in [0.1, 0.15) is 0 Å². The minimum Gasteiger partial charge on any atom is -0.393 e. The average Bonchev–Trinajstić information content (AvgIpc) is 2.99. The SMILES string of the molecule is CCCc1c(C(=O)N2CCC(O)CC2)cnn1Cc1ccccc1. The topological polar surface area (TPSA) is 58.4 Å². The van der Waals surface area contributed by atoms with Crippen LogP contribution in [-0.2, 0) is 13.0 Å². The Morgan fingerprint density at radius 2 is 1.96 bits per heavy atom. The third-order valence-electron chi connectivity index (χ3n) is 4.59. The maximum atomic E-state index is 12.9. The van der Waals surface area contributed by atoms with Gasteiger partial charge in [0.15, 0.2) is 0 Å². The fourth-order valence-corrected chi connectivity index (χ4v) is 3.22. The number of carbonyl (C=O) groups is 1. The van der Waals surface area contributed by atoms with Crippen LogP contribution in [0.25, 0.3) is 0 Å². The van der Waals surface area contributed by atoms with Gasteiger partial charge in [0.25, 0.3) is 5.91 Å². The van der Waals surface area contributed by atoms with E-state index in [1.54, 1.807) is 6.20 Å². The number of likely N-dealkylation sites (tertiary alicyclic amines) is 1. The molecule has 2 heterocycles. The number of amides is 1. The number of hydrogen-bond acceptors (Lipinski definition) is 3. The average molecular weight is 327 g/mol. The van der Waals surface area contributed by atoms with E-state index in [-0.39, 0.29) is 12.0 Å². The molecule has 2 aromatic rings. The normalized spacial score (nSPS) is 15.7. The Balaban J connectivity index is 1.81. The molecular formula is C19H25N3O2. The lowest BCUT2D eigenvalue weighted by molar-refractivity contribution is 0.0545. The van der Waals surface area contributed by atoms with Gasteiger partial charge in [-0.15, -0.1) is 0 Å². The summed E-state index contributed by atoms with van der Waals surface area (Å²) < 4.78 is 1.95. The minimum absolute atomic E-state index is 0.0460. The zero-order valence-corrected chi connectivity index (χ0v) is 14.2. The molecule has 1 saturated heterocycles. The van der Waals surface area contributed by atoms with Gasteiger partial charge in [-0.25, -0.2) is 0 Å². The van der Waals surface area contributed by atoms with Crippen LogP contribution in [0.15, 0.2) is 36.5 Å². The summed E-state index contributed by atoms with van der Waals surface area (Å²) in [5.41, 5.74) is 2.90. The number of benzene rings is 1. The van der Waals surface area contributed by atoms with Crippen molar-refractivity contribution in [2.24, 2.45) is 0 Å². The third kappa shape index (κ3) is 3.67. The minimum atomic E-state index is -0.273. The van der Waals surface area contributed by atoms with Crippen molar-refractivity contribution in [1.29, 1.82) is 0 Å². The van der Waals surface area contributed by atoms with Crippen molar-refractivity contribution in [3.05, 3.63) is 53.3 Å². The molecule has 0 spiro atoms. The molecule has 0 saturated carbocycles. The number of aromatic nitrogens is 2. The Morgan fingerprint density at radius 3 is 2.62 bits per heavy atom. The molecule has 1 aromatic heterocycles. The van der Waals surface area contributed by atoms with Gasteiger partial charge in [-0.05, 0) is 24.8 Å². The summed E-state index contributed by atoms with van der Waals surface area (Å²) in [5.74, 6) is 0.0460. The number of piperidine rings is 1. The predicted octanol–water partition coefficient (Wildman–Crippen LogP) is 2.48. The molecule has 0 unspecified atom stereocenters. The summed E-state index contributed by atoms with van der Waals surface area (Å²) in [6.45, 7) is 4.04. The van der Waals surface area contributed by atoms with Gasteiger partial charge in [-0.2, -0.15) is 5.10 Å². The van der Waals surface area contributed by atoms with Gasteiger partial charge < -0.3 is 10.0 Å². The molecule has 1 aliphatic heterocycles. The first kappa shape index (κ1) is 16.7. The lowest BCUT2D eigenvalue weighted by atomic mass is 10.1. The Hall–Kier alpha value is -2.14. The molecular weight excluding hydrogens is 302 g/mol. The smallest absolute Gasteiger partial charge is 0.257 e. The Labute approximate surface area is 142 Å². The fourth-order valence-electron chi connectivity index (χ4n) is 3.22. The largest absolute Gasteiger partial charge is 0.393 e. The van der Waals surface area contributed by atoms with E-state index in [0.29, 0.717) is 38.0 Å². The number of carbonyl (C=O) groups excluding carboxylic acids is 1. The summed E-state index contributed by atoms with van der Waals surface area (Å²) in [4.78, 5) is 14.7. The number of nitrogens with zero attached hydrogens (tertiary/aromatic N) is 3. The highest BCUT2D eigenvalue weighted by Gasteiger charge is 2.26. The lowest BCUT2D eigenvalue weighted by Gasteiger charge is -2.29. The van der Waals surface area contributed by atoms with Gasteiger partial charge in [0.2, 0.25) is 0 Å². The Bertz CT molecular complexity index is 673. The van der Waals surface area contributed by atoms with Crippen LogP contribution in [0.4, 0.5) is 0 Å². The van der Waals surface area contributed by atoms with Crippen LogP contribution >= 0.6 is 0 Å². The molecule has 0 aliphatic carbocycles. The summed E-state index contributed by atoms with van der Waals surface area (Å²) in [7, 11) is 0. The highest BCUT2D eigenvalue weighted by Crippen LogP contribution is 2.19. The summed E-state index contributed by atoms with van der Waals surface area (Å²) in [5, 5.41) is 14.1. The van der Waals surface area contributed by atoms with Crippen molar-refractivity contribution < 1.29 is 9.90 Å². The van der Waals surface area contributed by atoms with Crippen molar-refractivity contribution in [1.82, 2.24) is 14.7 Å². The van der Waals surface area contributed by atoms with Crippen molar-refractivity contribution in [3.63, 3.8) is 0 Å². The Morgan fingerprint density at radius 1 is 1.25 bits per heavy atom. The summed E-state index contributed by atoms with van der Waals surface area (Å²) in [6, 6.07) is 10.2. The maximum Gasteiger partial charge on any atom is 0.257 e. The van der Waals surface area contributed by atoms with Crippen LogP contribution in [0.3, 0.4) is 0 Å². The zero-order chi connectivity index (χ0) is 16.9. The second kappa shape index (κ2) is 7.62. The molecule has 1 aromatic carbocycles. The molecule has 0 atom stereocenters. The molecule has 5 heteroatoms. The van der Waals surface area contributed by atoms with Crippen molar-refractivity contribution in [2.45, 2.75) is 45.3 Å². The van der Waals surface area contributed by atoms with Crippen molar-refractivity contribution in [3.8, 4) is 0 Å². The molecule has 24 heavy (non-hydrogen) atoms. The van der Waals surface area contributed by atoms with Crippen LogP contribution in [0.5, 0.6) is 0 Å². The van der Waals surface area contributed by atoms with E-state index in [2.05, 4.69) is 24.2 Å². The van der Waals surface area contributed by atoms with Gasteiger partial charge in [0.05, 0.1) is 30.1 Å². The highest BCUT2D eigenvalue weighted by molar-refractivity contribution is 5.95. The summed E-state index contributed by atoms with van der Waals surface area (Å²) >= 11 is 0. The molecule has 1 fully saturated rings. The third-order valence-corrected chi connectivity index (χ3v) is 4.59. The molecule has 1 aliphatic rings. The van der Waals surface area contributed by atoms with Crippen LogP contribution < -0.4 is 0 Å². The fraction of sp³-hybridized carbons (Fsp3) is 0.474. The standard InChI is InChI=1S/C19H25N3O2/c1-2-6-18-17(19(24)21-11-9-16(23)10-12-21)13-20-22(18)14-15-7-4-3-5-8-15/h3-5,7-8,13,16,23H,2,6,9-12,14H2,1H3. The zero-order valence-electron chi connectivity index (χ0n) is 14.2. The second-order valence-electron chi connectivity index (χ2n) is 6.42. The molecule has 1 amide bonds. The monoisotopic (exact) mass is 327 g/mol. The van der Waals surface area contributed by atoms with Crippen LogP contribution in [0, 0.1) is 0 Å². The number of aliphatic hydroxyl groups excluding tert-OH is 1. The quantitative estimate of drug-likeness (QED) is 0.918. The van der Waals surface area contributed by atoms with Crippen molar-refractivity contribution in [2.75, 3.05) is 13.1 Å². The second-order valence-corrected chi connectivity index (χ2v) is 6.42. The molecule has 0 radical (unpaired) electrons. The lowest BCUT2D eigenvalue weighted by Crippen LogP contribution is -2.40. The van der Waals surface area contributed by atoms with Crippen LogP contribution in [0.1, 0.15) is 47.8 Å².